The highest BCUT2D eigenvalue weighted by atomic mass is 32.2. The van der Waals surface area contributed by atoms with Crippen molar-refractivity contribution in [1.82, 2.24) is 9.55 Å². The fourth-order valence-corrected chi connectivity index (χ4v) is 8.36. The van der Waals surface area contributed by atoms with Crippen molar-refractivity contribution >= 4 is 28.4 Å². The van der Waals surface area contributed by atoms with Gasteiger partial charge in [0.05, 0.1) is 11.0 Å². The van der Waals surface area contributed by atoms with Gasteiger partial charge in [-0.2, -0.15) is 0 Å². The van der Waals surface area contributed by atoms with E-state index in [1.165, 1.54) is 43.8 Å². The summed E-state index contributed by atoms with van der Waals surface area (Å²) in [5.41, 5.74) is 13.3. The Balaban J connectivity index is 1.22. The molecule has 2 nitrogen and oxygen atoms in total. The molecule has 6 aromatic carbocycles. The molecule has 0 bridgehead atoms. The van der Waals surface area contributed by atoms with Crippen LogP contribution in [0.1, 0.15) is 17.0 Å². The van der Waals surface area contributed by atoms with Gasteiger partial charge in [0.1, 0.15) is 5.82 Å². The number of para-hydroxylation sites is 3. The predicted molar refractivity (Wildman–Crippen MR) is 193 cm³/mol. The number of nitrogens with zero attached hydrogens (tertiary/aromatic N) is 2. The Hall–Kier alpha value is -5.38. The summed E-state index contributed by atoms with van der Waals surface area (Å²) in [5.74, 6) is 1.26. The first-order valence-electron chi connectivity index (χ1n) is 15.8. The third-order valence-corrected chi connectivity index (χ3v) is 10.5. The lowest BCUT2D eigenvalue weighted by Crippen LogP contribution is -2.09. The van der Waals surface area contributed by atoms with E-state index in [9.17, 15) is 0 Å². The summed E-state index contributed by atoms with van der Waals surface area (Å²) >= 11 is 2.00. The van der Waals surface area contributed by atoms with E-state index >= 15 is 0 Å². The molecule has 0 fully saturated rings. The zero-order valence-electron chi connectivity index (χ0n) is 25.1. The highest BCUT2D eigenvalue weighted by Gasteiger charge is 2.35. The molecule has 218 valence electrons. The summed E-state index contributed by atoms with van der Waals surface area (Å²) in [7, 11) is 0. The van der Waals surface area contributed by atoms with Crippen molar-refractivity contribution in [2.75, 3.05) is 0 Å². The van der Waals surface area contributed by atoms with Crippen LogP contribution in [0.2, 0.25) is 0 Å². The van der Waals surface area contributed by atoms with Crippen molar-refractivity contribution in [3.05, 3.63) is 181 Å². The minimum absolute atomic E-state index is 0.313. The largest absolute Gasteiger partial charge is 0.292 e. The second kappa shape index (κ2) is 11.2. The number of thioether (sulfide) groups is 1. The van der Waals surface area contributed by atoms with E-state index in [0.29, 0.717) is 11.2 Å². The Morgan fingerprint density at radius 2 is 1.24 bits per heavy atom. The molecule has 1 aliphatic heterocycles. The van der Waals surface area contributed by atoms with Gasteiger partial charge in [-0.1, -0.05) is 127 Å². The lowest BCUT2D eigenvalue weighted by Gasteiger charge is -2.20. The molecule has 1 aromatic heterocycles. The van der Waals surface area contributed by atoms with Gasteiger partial charge in [0.25, 0.3) is 0 Å². The molecule has 0 radical (unpaired) electrons. The van der Waals surface area contributed by atoms with Crippen molar-refractivity contribution in [2.24, 2.45) is 0 Å². The fourth-order valence-electron chi connectivity index (χ4n) is 6.93. The highest BCUT2D eigenvalue weighted by Crippen LogP contribution is 2.54. The Bertz CT molecular complexity index is 2280. The molecule has 2 atom stereocenters. The summed E-state index contributed by atoms with van der Waals surface area (Å²) in [4.78, 5) is 6.54. The maximum atomic E-state index is 5.17. The quantitative estimate of drug-likeness (QED) is 0.194. The molecule has 0 saturated heterocycles. The molecule has 2 heterocycles. The van der Waals surface area contributed by atoms with E-state index in [4.69, 9.17) is 4.98 Å². The summed E-state index contributed by atoms with van der Waals surface area (Å²) in [6.45, 7) is 0. The maximum absolute atomic E-state index is 5.17. The predicted octanol–water partition coefficient (Wildman–Crippen LogP) is 11.2. The second-order valence-corrected chi connectivity index (χ2v) is 13.1. The molecule has 0 saturated carbocycles. The number of imidazole rings is 1. The summed E-state index contributed by atoms with van der Waals surface area (Å²) in [6, 6.07) is 54.3. The molecule has 9 rings (SSSR count). The number of hydrogen-bond acceptors (Lipinski definition) is 2. The van der Waals surface area contributed by atoms with Gasteiger partial charge in [-0.25, -0.2) is 4.98 Å². The third kappa shape index (κ3) is 4.63. The lowest BCUT2D eigenvalue weighted by atomic mass is 9.84. The minimum atomic E-state index is 0.313. The van der Waals surface area contributed by atoms with Crippen LogP contribution in [0, 0.1) is 0 Å². The van der Waals surface area contributed by atoms with Gasteiger partial charge in [-0.15, -0.1) is 11.8 Å². The molecule has 2 aliphatic rings. The minimum Gasteiger partial charge on any atom is -0.292 e. The highest BCUT2D eigenvalue weighted by molar-refractivity contribution is 8.00. The molecule has 0 N–H and O–H groups in total. The summed E-state index contributed by atoms with van der Waals surface area (Å²) < 4.78 is 2.28. The van der Waals surface area contributed by atoms with Gasteiger partial charge >= 0.3 is 0 Å². The first-order valence-corrected chi connectivity index (χ1v) is 16.7. The van der Waals surface area contributed by atoms with Crippen molar-refractivity contribution in [3.63, 3.8) is 0 Å². The topological polar surface area (TPSA) is 17.8 Å². The van der Waals surface area contributed by atoms with Crippen molar-refractivity contribution in [1.29, 1.82) is 0 Å². The van der Waals surface area contributed by atoms with Crippen LogP contribution in [-0.2, 0) is 0 Å². The number of fused-ring (bicyclic) bond motifs is 4. The molecule has 46 heavy (non-hydrogen) atoms. The van der Waals surface area contributed by atoms with Crippen LogP contribution in [0.4, 0.5) is 0 Å². The van der Waals surface area contributed by atoms with Crippen LogP contribution < -0.4 is 0 Å². The zero-order valence-corrected chi connectivity index (χ0v) is 25.9. The first-order chi connectivity index (χ1) is 22.8. The molecular formula is C43H30N2S. The van der Waals surface area contributed by atoms with Gasteiger partial charge in [0.15, 0.2) is 0 Å². The van der Waals surface area contributed by atoms with Crippen molar-refractivity contribution in [2.45, 2.75) is 16.1 Å². The smallest absolute Gasteiger partial charge is 0.145 e. The average Bonchev–Trinajstić information content (AvgIpc) is 3.71. The van der Waals surface area contributed by atoms with Crippen molar-refractivity contribution < 1.29 is 0 Å². The normalized spacial score (nSPS) is 16.7. The Kier molecular flexibility index (Phi) is 6.57. The van der Waals surface area contributed by atoms with Crippen LogP contribution in [0.15, 0.2) is 175 Å². The Labute approximate surface area is 273 Å². The fraction of sp³-hybridized carbons (Fsp3) is 0.0465. The number of allylic oxidation sites excluding steroid dienone is 3. The molecule has 7 aromatic rings. The van der Waals surface area contributed by atoms with Gasteiger partial charge in [0.2, 0.25) is 0 Å². The van der Waals surface area contributed by atoms with Gasteiger partial charge in [-0.3, -0.25) is 4.57 Å². The monoisotopic (exact) mass is 606 g/mol. The van der Waals surface area contributed by atoms with E-state index in [2.05, 4.69) is 174 Å². The van der Waals surface area contributed by atoms with Crippen molar-refractivity contribution in [3.8, 4) is 39.3 Å². The van der Waals surface area contributed by atoms with E-state index in [0.717, 1.165) is 28.1 Å². The molecule has 0 spiro atoms. The Morgan fingerprint density at radius 1 is 0.565 bits per heavy atom. The molecule has 1 aliphatic carbocycles. The zero-order chi connectivity index (χ0) is 30.5. The third-order valence-electron chi connectivity index (χ3n) is 9.13. The number of benzene rings is 6. The molecule has 3 heteroatoms. The van der Waals surface area contributed by atoms with Crippen LogP contribution >= 0.6 is 11.8 Å². The average molecular weight is 607 g/mol. The first kappa shape index (κ1) is 27.0. The molecular weight excluding hydrogens is 577 g/mol. The van der Waals surface area contributed by atoms with Crippen LogP contribution in [0.3, 0.4) is 0 Å². The van der Waals surface area contributed by atoms with Crippen LogP contribution in [0.5, 0.6) is 0 Å². The number of rotatable bonds is 5. The van der Waals surface area contributed by atoms with Gasteiger partial charge < -0.3 is 0 Å². The summed E-state index contributed by atoms with van der Waals surface area (Å²) in [5, 5.41) is 0.373. The molecule has 0 amide bonds. The van der Waals surface area contributed by atoms with Crippen LogP contribution in [-0.4, -0.2) is 14.8 Å². The molecule has 2 unspecified atom stereocenters. The van der Waals surface area contributed by atoms with Gasteiger partial charge in [0, 0.05) is 27.3 Å². The van der Waals surface area contributed by atoms with E-state index in [-0.39, 0.29) is 0 Å². The van der Waals surface area contributed by atoms with Crippen LogP contribution in [0.25, 0.3) is 55.9 Å². The number of hydrogen-bond donors (Lipinski definition) is 0. The number of aromatic nitrogens is 2. The van der Waals surface area contributed by atoms with Gasteiger partial charge in [-0.05, 0) is 81.4 Å². The SMILES string of the molecule is C1=CC2Sc3c(-c4cccc(-c5nc6ccccc6n5-c5ccccc5)c4)cc(-c4ccccc4)cc3C2C=C1c1ccccc1. The maximum Gasteiger partial charge on any atom is 0.145 e. The lowest BCUT2D eigenvalue weighted by molar-refractivity contribution is 0.885. The summed E-state index contributed by atoms with van der Waals surface area (Å²) in [6.07, 6.45) is 7.19. The van der Waals surface area contributed by atoms with E-state index in [1.807, 2.05) is 11.8 Å². The second-order valence-electron chi connectivity index (χ2n) is 11.9. The Morgan fingerprint density at radius 3 is 2.04 bits per heavy atom. The van der Waals surface area contributed by atoms with E-state index < -0.39 is 0 Å². The van der Waals surface area contributed by atoms with E-state index in [1.54, 1.807) is 0 Å². The standard InChI is InChI=1S/C43H30N2S/c1-4-13-29(14-5-1)31-23-24-41-37(26-31)38-28-34(30-15-6-2-7-16-30)27-36(42(38)46-41)32-17-12-18-33(25-32)43-44-39-21-10-11-22-40(39)45(43)35-19-8-3-9-20-35/h1-28,37,41H.